The van der Waals surface area contributed by atoms with E-state index in [9.17, 15) is 39.5 Å². The first-order valence-corrected chi connectivity index (χ1v) is 2.50. The fourth-order valence-electron chi connectivity index (χ4n) is 0. The van der Waals surface area contributed by atoms with Crippen LogP contribution in [-0.2, 0) is 0 Å². The van der Waals surface area contributed by atoms with Crippen LogP contribution in [-0.4, -0.2) is 25.5 Å². The molecule has 0 unspecified atom stereocenters. The molecule has 0 saturated carbocycles. The summed E-state index contributed by atoms with van der Waals surface area (Å²) in [5, 5.41) is 0. The van der Waals surface area contributed by atoms with Crippen LogP contribution in [0.4, 0.5) is 39.5 Å². The summed E-state index contributed by atoms with van der Waals surface area (Å²) in [5.41, 5.74) is 0. The molecule has 9 heteroatoms. The topological polar surface area (TPSA) is 0 Å². The molecule has 0 amide bonds. The van der Waals surface area contributed by atoms with Gasteiger partial charge in [-0.15, -0.1) is 0 Å². The standard InChI is InChI=1S/C2HF5.C2H2F4/c3-1(4)2(5,6)7;3-1(4)2(5)6/h1H;1-2H. The Morgan fingerprint density at radius 1 is 0.615 bits per heavy atom. The van der Waals surface area contributed by atoms with Crippen LogP contribution in [0.1, 0.15) is 0 Å². The molecule has 0 fully saturated rings. The van der Waals surface area contributed by atoms with Gasteiger partial charge in [-0.25, -0.2) is 26.3 Å². The second-order valence-corrected chi connectivity index (χ2v) is 1.51. The third kappa shape index (κ3) is 11.4. The zero-order valence-electron chi connectivity index (χ0n) is 5.63. The minimum Gasteiger partial charge on any atom is -0.204 e. The normalized spacial score (nSPS) is 12.0. The highest BCUT2D eigenvalue weighted by Gasteiger charge is 2.40. The van der Waals surface area contributed by atoms with Crippen LogP contribution >= 0.6 is 0 Å². The van der Waals surface area contributed by atoms with E-state index in [4.69, 9.17) is 0 Å². The van der Waals surface area contributed by atoms with Crippen molar-refractivity contribution in [2.24, 2.45) is 0 Å². The lowest BCUT2D eigenvalue weighted by Gasteiger charge is -2.00. The van der Waals surface area contributed by atoms with Gasteiger partial charge in [0, 0.05) is 0 Å². The van der Waals surface area contributed by atoms with Gasteiger partial charge in [0.05, 0.1) is 0 Å². The largest absolute Gasteiger partial charge is 0.450 e. The van der Waals surface area contributed by atoms with Gasteiger partial charge in [-0.05, 0) is 0 Å². The second-order valence-electron chi connectivity index (χ2n) is 1.51. The number of alkyl halides is 9. The maximum absolute atomic E-state index is 10.4. The Morgan fingerprint density at radius 2 is 0.769 bits per heavy atom. The average molecular weight is 222 g/mol. The van der Waals surface area contributed by atoms with Crippen molar-refractivity contribution in [3.8, 4) is 0 Å². The first kappa shape index (κ1) is 14.9. The van der Waals surface area contributed by atoms with Gasteiger partial charge in [-0.2, -0.15) is 13.2 Å². The third-order valence-corrected chi connectivity index (χ3v) is 0.438. The molecule has 0 rings (SSSR count). The molecule has 0 nitrogen and oxygen atoms in total. The molecular formula is C4H3F9. The van der Waals surface area contributed by atoms with E-state index in [1.54, 1.807) is 0 Å². The third-order valence-electron chi connectivity index (χ3n) is 0.438. The summed E-state index contributed by atoms with van der Waals surface area (Å²) in [5.74, 6) is 0. The van der Waals surface area contributed by atoms with Gasteiger partial charge in [-0.3, -0.25) is 0 Å². The molecule has 0 saturated heterocycles. The molecule has 0 atom stereocenters. The molecule has 13 heavy (non-hydrogen) atoms. The van der Waals surface area contributed by atoms with Gasteiger partial charge in [0.1, 0.15) is 0 Å². The summed E-state index contributed by atoms with van der Waals surface area (Å²) < 4.78 is 93.7. The molecule has 0 spiro atoms. The van der Waals surface area contributed by atoms with Crippen LogP contribution in [0.2, 0.25) is 0 Å². The monoisotopic (exact) mass is 222 g/mol. The number of rotatable bonds is 1. The van der Waals surface area contributed by atoms with Gasteiger partial charge < -0.3 is 0 Å². The fourth-order valence-corrected chi connectivity index (χ4v) is 0. The quantitative estimate of drug-likeness (QED) is 0.597. The zero-order chi connectivity index (χ0) is 11.2. The van der Waals surface area contributed by atoms with Crippen LogP contribution in [0.3, 0.4) is 0 Å². The Kier molecular flexibility index (Phi) is 6.77. The highest BCUT2D eigenvalue weighted by molar-refractivity contribution is 4.48. The van der Waals surface area contributed by atoms with E-state index in [0.717, 1.165) is 0 Å². The summed E-state index contributed by atoms with van der Waals surface area (Å²) in [7, 11) is 0. The number of hydrogen-bond donors (Lipinski definition) is 0. The van der Waals surface area contributed by atoms with Crippen LogP contribution in [0.25, 0.3) is 0 Å². The smallest absolute Gasteiger partial charge is 0.204 e. The van der Waals surface area contributed by atoms with E-state index in [1.165, 1.54) is 0 Å². The molecule has 0 aromatic carbocycles. The summed E-state index contributed by atoms with van der Waals surface area (Å²) in [6, 6.07) is 0. The van der Waals surface area contributed by atoms with Gasteiger partial charge in [0.15, 0.2) is 0 Å². The molecular weight excluding hydrogens is 219 g/mol. The van der Waals surface area contributed by atoms with E-state index in [2.05, 4.69) is 0 Å². The minimum atomic E-state index is -5.33. The van der Waals surface area contributed by atoms with Crippen molar-refractivity contribution in [1.29, 1.82) is 0 Å². The van der Waals surface area contributed by atoms with Crippen molar-refractivity contribution in [2.45, 2.75) is 25.5 Å². The molecule has 0 aliphatic rings. The van der Waals surface area contributed by atoms with Crippen LogP contribution < -0.4 is 0 Å². The highest BCUT2D eigenvalue weighted by atomic mass is 19.4. The zero-order valence-corrected chi connectivity index (χ0v) is 5.63. The molecule has 0 aliphatic heterocycles. The first-order valence-electron chi connectivity index (χ1n) is 2.50. The Balaban J connectivity index is 0. The van der Waals surface area contributed by atoms with Crippen molar-refractivity contribution < 1.29 is 39.5 Å². The van der Waals surface area contributed by atoms with Crippen molar-refractivity contribution in [1.82, 2.24) is 0 Å². The van der Waals surface area contributed by atoms with Gasteiger partial charge >= 0.3 is 12.6 Å². The van der Waals surface area contributed by atoms with E-state index in [1.807, 2.05) is 0 Å². The lowest BCUT2D eigenvalue weighted by molar-refractivity contribution is -0.219. The Morgan fingerprint density at radius 3 is 0.769 bits per heavy atom. The Hall–Kier alpha value is -0.630. The SMILES string of the molecule is FC(F)C(F)(F)F.FC(F)C(F)F. The van der Waals surface area contributed by atoms with Crippen molar-refractivity contribution >= 4 is 0 Å². The molecule has 82 valence electrons. The number of hydrogen-bond acceptors (Lipinski definition) is 0. The maximum atomic E-state index is 10.4. The van der Waals surface area contributed by atoms with Gasteiger partial charge in [-0.1, -0.05) is 0 Å². The van der Waals surface area contributed by atoms with Crippen molar-refractivity contribution in [3.05, 3.63) is 0 Å². The Labute approximate surface area is 66.3 Å². The molecule has 0 bridgehead atoms. The molecule has 0 aliphatic carbocycles. The predicted molar refractivity (Wildman–Crippen MR) is 24.1 cm³/mol. The van der Waals surface area contributed by atoms with Crippen molar-refractivity contribution in [2.75, 3.05) is 0 Å². The average Bonchev–Trinajstić information content (AvgIpc) is 1.86. The minimum absolute atomic E-state index is 3.48. The molecule has 0 aromatic heterocycles. The summed E-state index contributed by atoms with van der Waals surface area (Å²) in [4.78, 5) is 0. The highest BCUT2D eigenvalue weighted by Crippen LogP contribution is 2.22. The predicted octanol–water partition coefficient (Wildman–Crippen LogP) is 3.33. The Bertz CT molecular complexity index is 107. The molecule has 0 radical (unpaired) electrons. The van der Waals surface area contributed by atoms with Crippen LogP contribution in [0, 0.1) is 0 Å². The second kappa shape index (κ2) is 5.92. The van der Waals surface area contributed by atoms with E-state index < -0.39 is 25.5 Å². The van der Waals surface area contributed by atoms with Crippen LogP contribution in [0.5, 0.6) is 0 Å². The van der Waals surface area contributed by atoms with Crippen LogP contribution in [0.15, 0.2) is 0 Å². The maximum Gasteiger partial charge on any atom is 0.450 e. The van der Waals surface area contributed by atoms with E-state index in [-0.39, 0.29) is 0 Å². The van der Waals surface area contributed by atoms with E-state index in [0.29, 0.717) is 0 Å². The fraction of sp³-hybridized carbons (Fsp3) is 1.00. The summed E-state index contributed by atoms with van der Waals surface area (Å²) in [6.45, 7) is 0. The van der Waals surface area contributed by atoms with Gasteiger partial charge in [0.25, 0.3) is 12.9 Å². The molecule has 0 aromatic rings. The van der Waals surface area contributed by atoms with E-state index >= 15 is 0 Å². The summed E-state index contributed by atoms with van der Waals surface area (Å²) in [6.07, 6.45) is -16.5. The molecule has 0 N–H and O–H groups in total. The molecule has 0 heterocycles. The van der Waals surface area contributed by atoms with Crippen molar-refractivity contribution in [3.63, 3.8) is 0 Å². The van der Waals surface area contributed by atoms with Gasteiger partial charge in [0.2, 0.25) is 0 Å². The lowest BCUT2D eigenvalue weighted by atomic mass is 10.7. The lowest BCUT2D eigenvalue weighted by Crippen LogP contribution is -2.18. The number of halogens is 9. The summed E-state index contributed by atoms with van der Waals surface area (Å²) >= 11 is 0. The first-order chi connectivity index (χ1) is 5.59.